The molecule has 2 aromatic rings. The minimum absolute atomic E-state index is 0.270. The van der Waals surface area contributed by atoms with E-state index in [-0.39, 0.29) is 5.56 Å². The molecule has 2 aromatic carbocycles. The first-order valence-corrected chi connectivity index (χ1v) is 7.89. The van der Waals surface area contributed by atoms with Crippen molar-refractivity contribution in [3.8, 4) is 16.9 Å². The van der Waals surface area contributed by atoms with Crippen molar-refractivity contribution in [3.63, 3.8) is 0 Å². The van der Waals surface area contributed by atoms with Gasteiger partial charge in [0.25, 0.3) is 0 Å². The minimum Gasteiger partial charge on any atom is -0.494 e. The number of hydrogen-bond donors (Lipinski definition) is 0. The third-order valence-corrected chi connectivity index (χ3v) is 3.63. The first-order valence-electron chi connectivity index (χ1n) is 7.89. The van der Waals surface area contributed by atoms with Crippen molar-refractivity contribution in [2.24, 2.45) is 0 Å². The van der Waals surface area contributed by atoms with Gasteiger partial charge in [-0.05, 0) is 30.2 Å². The third kappa shape index (κ3) is 4.55. The maximum atomic E-state index is 13.7. The van der Waals surface area contributed by atoms with Crippen LogP contribution in [0, 0.1) is 11.6 Å². The number of benzene rings is 2. The molecule has 3 heteroatoms. The molecule has 0 aromatic heterocycles. The monoisotopic (exact) mass is 304 g/mol. The van der Waals surface area contributed by atoms with Gasteiger partial charge in [0.15, 0.2) is 11.6 Å². The fraction of sp³-hybridized carbons (Fsp3) is 0.368. The summed E-state index contributed by atoms with van der Waals surface area (Å²) < 4.78 is 32.6. The van der Waals surface area contributed by atoms with Crippen LogP contribution >= 0.6 is 0 Å². The van der Waals surface area contributed by atoms with E-state index in [0.717, 1.165) is 18.2 Å². The molecule has 2 rings (SSSR count). The van der Waals surface area contributed by atoms with Crippen molar-refractivity contribution in [1.82, 2.24) is 0 Å². The Morgan fingerprint density at radius 2 is 1.59 bits per heavy atom. The molecule has 0 aliphatic heterocycles. The highest BCUT2D eigenvalue weighted by molar-refractivity contribution is 5.64. The first kappa shape index (κ1) is 16.5. The van der Waals surface area contributed by atoms with Crippen LogP contribution in [0.15, 0.2) is 42.5 Å². The molecule has 0 atom stereocenters. The van der Waals surface area contributed by atoms with Crippen molar-refractivity contribution >= 4 is 0 Å². The van der Waals surface area contributed by atoms with Gasteiger partial charge in [-0.2, -0.15) is 0 Å². The van der Waals surface area contributed by atoms with E-state index in [1.165, 1.54) is 31.7 Å². The summed E-state index contributed by atoms with van der Waals surface area (Å²) in [4.78, 5) is 0. The van der Waals surface area contributed by atoms with Gasteiger partial charge in [0.05, 0.1) is 6.61 Å². The molecule has 0 saturated heterocycles. The molecule has 0 unspecified atom stereocenters. The standard InChI is InChI=1S/C19H22F2O/c1-2-3-4-5-6-14-22-16-12-10-15(11-13-16)17-8-7-9-18(20)19(17)21/h7-13H,2-6,14H2,1H3. The zero-order valence-corrected chi connectivity index (χ0v) is 12.9. The van der Waals surface area contributed by atoms with Crippen LogP contribution in [0.2, 0.25) is 0 Å². The predicted octanol–water partition coefficient (Wildman–Crippen LogP) is 5.98. The molecule has 0 radical (unpaired) electrons. The topological polar surface area (TPSA) is 9.23 Å². The Hall–Kier alpha value is -1.90. The number of hydrogen-bond acceptors (Lipinski definition) is 1. The van der Waals surface area contributed by atoms with E-state index in [0.29, 0.717) is 12.2 Å². The van der Waals surface area contributed by atoms with E-state index in [9.17, 15) is 8.78 Å². The predicted molar refractivity (Wildman–Crippen MR) is 86.0 cm³/mol. The van der Waals surface area contributed by atoms with Crippen molar-refractivity contribution in [1.29, 1.82) is 0 Å². The fourth-order valence-corrected chi connectivity index (χ4v) is 2.35. The van der Waals surface area contributed by atoms with Gasteiger partial charge in [0.2, 0.25) is 0 Å². The maximum Gasteiger partial charge on any atom is 0.166 e. The molecule has 0 aliphatic carbocycles. The summed E-state index contributed by atoms with van der Waals surface area (Å²) in [5, 5.41) is 0. The third-order valence-electron chi connectivity index (χ3n) is 3.63. The Morgan fingerprint density at radius 3 is 2.32 bits per heavy atom. The van der Waals surface area contributed by atoms with Crippen LogP contribution in [0.5, 0.6) is 5.75 Å². The van der Waals surface area contributed by atoms with Gasteiger partial charge < -0.3 is 4.74 Å². The number of unbranched alkanes of at least 4 members (excludes halogenated alkanes) is 4. The van der Waals surface area contributed by atoms with Crippen LogP contribution in [0.25, 0.3) is 11.1 Å². The lowest BCUT2D eigenvalue weighted by molar-refractivity contribution is 0.304. The first-order chi connectivity index (χ1) is 10.7. The minimum atomic E-state index is -0.829. The molecule has 0 heterocycles. The Balaban J connectivity index is 1.89. The fourth-order valence-electron chi connectivity index (χ4n) is 2.35. The highest BCUT2D eigenvalue weighted by Crippen LogP contribution is 2.26. The summed E-state index contributed by atoms with van der Waals surface area (Å²) in [6, 6.07) is 11.3. The number of rotatable bonds is 8. The summed E-state index contributed by atoms with van der Waals surface area (Å²) in [5.74, 6) is -0.881. The van der Waals surface area contributed by atoms with E-state index in [1.54, 1.807) is 30.3 Å². The molecular formula is C19H22F2O. The highest BCUT2D eigenvalue weighted by atomic mass is 19.2. The summed E-state index contributed by atoms with van der Waals surface area (Å²) in [6.45, 7) is 2.89. The molecule has 0 aliphatic rings. The Bertz CT molecular complexity index is 578. The van der Waals surface area contributed by atoms with E-state index in [4.69, 9.17) is 4.74 Å². The van der Waals surface area contributed by atoms with Crippen molar-refractivity contribution < 1.29 is 13.5 Å². The second kappa shape index (κ2) is 8.52. The number of halogens is 2. The molecule has 22 heavy (non-hydrogen) atoms. The quantitative estimate of drug-likeness (QED) is 0.545. The van der Waals surface area contributed by atoms with E-state index in [1.807, 2.05) is 0 Å². The van der Waals surface area contributed by atoms with Crippen LogP contribution in [0.1, 0.15) is 39.0 Å². The van der Waals surface area contributed by atoms with Gasteiger partial charge in [0, 0.05) is 5.56 Å². The van der Waals surface area contributed by atoms with Crippen LogP contribution in [-0.2, 0) is 0 Å². The van der Waals surface area contributed by atoms with Crippen molar-refractivity contribution in [2.45, 2.75) is 39.0 Å². The normalized spacial score (nSPS) is 10.7. The number of ether oxygens (including phenoxy) is 1. The zero-order chi connectivity index (χ0) is 15.8. The van der Waals surface area contributed by atoms with Gasteiger partial charge in [-0.15, -0.1) is 0 Å². The summed E-state index contributed by atoms with van der Waals surface area (Å²) in [6.07, 6.45) is 5.98. The lowest BCUT2D eigenvalue weighted by Crippen LogP contribution is -1.97. The second-order valence-electron chi connectivity index (χ2n) is 5.39. The average molecular weight is 304 g/mol. The average Bonchev–Trinajstić information content (AvgIpc) is 2.54. The van der Waals surface area contributed by atoms with Crippen molar-refractivity contribution in [2.75, 3.05) is 6.61 Å². The summed E-state index contributed by atoms with van der Waals surface area (Å²) >= 11 is 0. The van der Waals surface area contributed by atoms with Gasteiger partial charge in [-0.25, -0.2) is 8.78 Å². The molecule has 0 bridgehead atoms. The lowest BCUT2D eigenvalue weighted by Gasteiger charge is -2.08. The maximum absolute atomic E-state index is 13.7. The summed E-state index contributed by atoms with van der Waals surface area (Å²) in [7, 11) is 0. The largest absolute Gasteiger partial charge is 0.494 e. The molecule has 0 spiro atoms. The van der Waals surface area contributed by atoms with Gasteiger partial charge in [0.1, 0.15) is 5.75 Å². The second-order valence-corrected chi connectivity index (χ2v) is 5.39. The highest BCUT2D eigenvalue weighted by Gasteiger charge is 2.09. The van der Waals surface area contributed by atoms with E-state index < -0.39 is 11.6 Å². The Kier molecular flexibility index (Phi) is 6.38. The molecule has 0 fully saturated rings. The van der Waals surface area contributed by atoms with Crippen LogP contribution in [0.3, 0.4) is 0 Å². The van der Waals surface area contributed by atoms with Crippen LogP contribution in [-0.4, -0.2) is 6.61 Å². The molecule has 0 N–H and O–H groups in total. The van der Waals surface area contributed by atoms with Gasteiger partial charge in [-0.1, -0.05) is 56.9 Å². The zero-order valence-electron chi connectivity index (χ0n) is 12.9. The van der Waals surface area contributed by atoms with E-state index >= 15 is 0 Å². The van der Waals surface area contributed by atoms with Crippen LogP contribution < -0.4 is 4.74 Å². The molecule has 1 nitrogen and oxygen atoms in total. The van der Waals surface area contributed by atoms with Crippen LogP contribution in [0.4, 0.5) is 8.78 Å². The van der Waals surface area contributed by atoms with Crippen molar-refractivity contribution in [3.05, 3.63) is 54.1 Å². The SMILES string of the molecule is CCCCCCCOc1ccc(-c2cccc(F)c2F)cc1. The Labute approximate surface area is 130 Å². The molecular weight excluding hydrogens is 282 g/mol. The van der Waals surface area contributed by atoms with Gasteiger partial charge >= 0.3 is 0 Å². The molecule has 0 saturated carbocycles. The lowest BCUT2D eigenvalue weighted by atomic mass is 10.0. The molecule has 118 valence electrons. The van der Waals surface area contributed by atoms with Gasteiger partial charge in [-0.3, -0.25) is 0 Å². The molecule has 0 amide bonds. The smallest absolute Gasteiger partial charge is 0.166 e. The Morgan fingerprint density at radius 1 is 0.864 bits per heavy atom. The summed E-state index contributed by atoms with van der Waals surface area (Å²) in [5.41, 5.74) is 0.915. The van der Waals surface area contributed by atoms with E-state index in [2.05, 4.69) is 6.92 Å².